The largest absolute Gasteiger partial charge is 0.352 e. The maximum atomic E-state index is 12.4. The third kappa shape index (κ3) is 5.50. The molecule has 0 aromatic heterocycles. The van der Waals surface area contributed by atoms with Gasteiger partial charge in [0.05, 0.1) is 0 Å². The molecule has 2 N–H and O–H groups in total. The summed E-state index contributed by atoms with van der Waals surface area (Å²) < 4.78 is 0. The quantitative estimate of drug-likeness (QED) is 0.823. The maximum Gasteiger partial charge on any atom is 0.296 e. The molecule has 0 radical (unpaired) electrons. The van der Waals surface area contributed by atoms with Gasteiger partial charge in [0.25, 0.3) is 5.91 Å². The Morgan fingerprint density at radius 1 is 1.00 bits per heavy atom. The zero-order valence-electron chi connectivity index (χ0n) is 13.9. The van der Waals surface area contributed by atoms with Crippen LogP contribution in [0.5, 0.6) is 0 Å². The van der Waals surface area contributed by atoms with Crippen molar-refractivity contribution in [1.82, 2.24) is 10.6 Å². The SMILES string of the molecule is O=C(C#Cc1ccccc1)N[C@H](Cc1ccccc1)C(=O)NC1CC1. The first-order valence-corrected chi connectivity index (χ1v) is 8.42. The van der Waals surface area contributed by atoms with E-state index in [0.29, 0.717) is 6.42 Å². The molecule has 3 rings (SSSR count). The molecular formula is C21H20N2O2. The highest BCUT2D eigenvalue weighted by molar-refractivity contribution is 5.97. The van der Waals surface area contributed by atoms with Crippen LogP contribution in [0, 0.1) is 11.8 Å². The summed E-state index contributed by atoms with van der Waals surface area (Å²) >= 11 is 0. The fourth-order valence-electron chi connectivity index (χ4n) is 2.43. The van der Waals surface area contributed by atoms with Crippen molar-refractivity contribution in [2.45, 2.75) is 31.3 Å². The van der Waals surface area contributed by atoms with Crippen molar-refractivity contribution in [3.8, 4) is 11.8 Å². The molecule has 2 aromatic carbocycles. The highest BCUT2D eigenvalue weighted by Gasteiger charge is 2.28. The molecule has 0 unspecified atom stereocenters. The van der Waals surface area contributed by atoms with Crippen LogP contribution in [0.15, 0.2) is 60.7 Å². The number of hydrogen-bond acceptors (Lipinski definition) is 2. The van der Waals surface area contributed by atoms with E-state index in [-0.39, 0.29) is 11.9 Å². The smallest absolute Gasteiger partial charge is 0.296 e. The fourth-order valence-corrected chi connectivity index (χ4v) is 2.43. The van der Waals surface area contributed by atoms with Gasteiger partial charge in [-0.05, 0) is 30.5 Å². The molecule has 0 heterocycles. The zero-order valence-corrected chi connectivity index (χ0v) is 13.9. The van der Waals surface area contributed by atoms with Gasteiger partial charge in [0.1, 0.15) is 6.04 Å². The Hall–Kier alpha value is -3.06. The van der Waals surface area contributed by atoms with E-state index in [1.165, 1.54) is 0 Å². The standard InChI is InChI=1S/C21H20N2O2/c24-20(14-11-16-7-3-1-4-8-16)23-19(21(25)22-18-12-13-18)15-17-9-5-2-6-10-17/h1-10,18-19H,12-13,15H2,(H,22,25)(H,23,24)/t19-/m1/s1. The molecule has 126 valence electrons. The summed E-state index contributed by atoms with van der Waals surface area (Å²) in [6, 6.07) is 18.6. The molecule has 4 nitrogen and oxygen atoms in total. The van der Waals surface area contributed by atoms with Crippen molar-refractivity contribution < 1.29 is 9.59 Å². The van der Waals surface area contributed by atoms with Gasteiger partial charge in [0, 0.05) is 23.9 Å². The summed E-state index contributed by atoms with van der Waals surface area (Å²) in [6.45, 7) is 0. The number of carbonyl (C=O) groups is 2. The van der Waals surface area contributed by atoms with Crippen molar-refractivity contribution in [2.75, 3.05) is 0 Å². The van der Waals surface area contributed by atoms with Gasteiger partial charge < -0.3 is 10.6 Å². The second-order valence-electron chi connectivity index (χ2n) is 6.11. The van der Waals surface area contributed by atoms with Crippen LogP contribution in [0.3, 0.4) is 0 Å². The van der Waals surface area contributed by atoms with E-state index in [2.05, 4.69) is 22.5 Å². The lowest BCUT2D eigenvalue weighted by molar-refractivity contribution is -0.126. The first-order valence-electron chi connectivity index (χ1n) is 8.42. The van der Waals surface area contributed by atoms with Crippen molar-refractivity contribution in [1.29, 1.82) is 0 Å². The van der Waals surface area contributed by atoms with E-state index < -0.39 is 11.9 Å². The average Bonchev–Trinajstić information content (AvgIpc) is 3.45. The van der Waals surface area contributed by atoms with Gasteiger partial charge in [-0.3, -0.25) is 9.59 Å². The van der Waals surface area contributed by atoms with Crippen LogP contribution in [0.25, 0.3) is 0 Å². The molecule has 2 amide bonds. The summed E-state index contributed by atoms with van der Waals surface area (Å²) in [5.41, 5.74) is 1.76. The molecule has 4 heteroatoms. The number of amides is 2. The lowest BCUT2D eigenvalue weighted by atomic mass is 10.1. The fraction of sp³-hybridized carbons (Fsp3) is 0.238. The Morgan fingerprint density at radius 3 is 2.28 bits per heavy atom. The van der Waals surface area contributed by atoms with E-state index in [1.54, 1.807) is 0 Å². The van der Waals surface area contributed by atoms with Crippen LogP contribution in [0.2, 0.25) is 0 Å². The molecule has 1 fully saturated rings. The molecule has 0 spiro atoms. The third-order valence-electron chi connectivity index (χ3n) is 3.92. The monoisotopic (exact) mass is 332 g/mol. The van der Waals surface area contributed by atoms with E-state index >= 15 is 0 Å². The summed E-state index contributed by atoms with van der Waals surface area (Å²) in [7, 11) is 0. The second kappa shape index (κ2) is 8.16. The summed E-state index contributed by atoms with van der Waals surface area (Å²) in [5, 5.41) is 5.70. The number of benzene rings is 2. The van der Waals surface area contributed by atoms with Crippen LogP contribution in [0.4, 0.5) is 0 Å². The highest BCUT2D eigenvalue weighted by atomic mass is 16.2. The van der Waals surface area contributed by atoms with Crippen LogP contribution in [-0.4, -0.2) is 23.9 Å². The first kappa shape index (κ1) is 16.8. The topological polar surface area (TPSA) is 58.2 Å². The van der Waals surface area contributed by atoms with Gasteiger partial charge in [0.2, 0.25) is 5.91 Å². The van der Waals surface area contributed by atoms with Gasteiger partial charge in [0.15, 0.2) is 0 Å². The Kier molecular flexibility index (Phi) is 5.48. The van der Waals surface area contributed by atoms with Crippen molar-refractivity contribution >= 4 is 11.8 Å². The normalized spacial score (nSPS) is 13.9. The molecule has 1 atom stereocenters. The van der Waals surface area contributed by atoms with Gasteiger partial charge in [-0.25, -0.2) is 0 Å². The number of carbonyl (C=O) groups excluding carboxylic acids is 2. The molecule has 2 aromatic rings. The molecule has 0 saturated heterocycles. The van der Waals surface area contributed by atoms with Crippen molar-refractivity contribution in [2.24, 2.45) is 0 Å². The lowest BCUT2D eigenvalue weighted by Crippen LogP contribution is -2.48. The van der Waals surface area contributed by atoms with Crippen molar-refractivity contribution in [3.63, 3.8) is 0 Å². The molecule has 0 aliphatic heterocycles. The Bertz CT molecular complexity index is 787. The third-order valence-corrected chi connectivity index (χ3v) is 3.92. The predicted octanol–water partition coefficient (Wildman–Crippen LogP) is 2.04. The van der Waals surface area contributed by atoms with Crippen LogP contribution in [-0.2, 0) is 16.0 Å². The lowest BCUT2D eigenvalue weighted by Gasteiger charge is -2.17. The molecule has 25 heavy (non-hydrogen) atoms. The summed E-state index contributed by atoms with van der Waals surface area (Å²) in [5.74, 6) is 4.77. The first-order chi connectivity index (χ1) is 12.2. The van der Waals surface area contributed by atoms with Crippen LogP contribution < -0.4 is 10.6 Å². The maximum absolute atomic E-state index is 12.4. The average molecular weight is 332 g/mol. The van der Waals surface area contributed by atoms with Crippen LogP contribution >= 0.6 is 0 Å². The van der Waals surface area contributed by atoms with Crippen molar-refractivity contribution in [3.05, 3.63) is 71.8 Å². The van der Waals surface area contributed by atoms with Gasteiger partial charge in [-0.1, -0.05) is 54.5 Å². The van der Waals surface area contributed by atoms with E-state index in [0.717, 1.165) is 24.0 Å². The molecule has 1 aliphatic carbocycles. The van der Waals surface area contributed by atoms with E-state index in [4.69, 9.17) is 0 Å². The Labute approximate surface area is 147 Å². The van der Waals surface area contributed by atoms with Gasteiger partial charge in [-0.2, -0.15) is 0 Å². The Balaban J connectivity index is 1.66. The summed E-state index contributed by atoms with van der Waals surface area (Å²) in [4.78, 5) is 24.6. The number of nitrogens with one attached hydrogen (secondary N) is 2. The van der Waals surface area contributed by atoms with E-state index in [9.17, 15) is 9.59 Å². The molecule has 1 aliphatic rings. The number of rotatable bonds is 5. The minimum atomic E-state index is -0.624. The number of hydrogen-bond donors (Lipinski definition) is 2. The predicted molar refractivity (Wildman–Crippen MR) is 96.6 cm³/mol. The van der Waals surface area contributed by atoms with Crippen LogP contribution in [0.1, 0.15) is 24.0 Å². The second-order valence-corrected chi connectivity index (χ2v) is 6.11. The van der Waals surface area contributed by atoms with Gasteiger partial charge in [-0.15, -0.1) is 0 Å². The minimum absolute atomic E-state index is 0.152. The minimum Gasteiger partial charge on any atom is -0.352 e. The molecular weight excluding hydrogens is 312 g/mol. The Morgan fingerprint density at radius 2 is 1.64 bits per heavy atom. The zero-order chi connectivity index (χ0) is 17.5. The van der Waals surface area contributed by atoms with Gasteiger partial charge >= 0.3 is 0 Å². The molecule has 0 bridgehead atoms. The van der Waals surface area contributed by atoms with E-state index in [1.807, 2.05) is 60.7 Å². The molecule has 1 saturated carbocycles. The summed E-state index contributed by atoms with van der Waals surface area (Å²) in [6.07, 6.45) is 2.45. The highest BCUT2D eigenvalue weighted by Crippen LogP contribution is 2.19.